The molecule has 0 aliphatic rings. The number of para-hydroxylation sites is 1. The van der Waals surface area contributed by atoms with Gasteiger partial charge in [-0.15, -0.1) is 0 Å². The molecule has 1 heterocycles. The highest BCUT2D eigenvalue weighted by atomic mass is 14.7. The van der Waals surface area contributed by atoms with E-state index < -0.39 is 0 Å². The Balaban J connectivity index is 1.14. The average molecular weight is 546 g/mol. The summed E-state index contributed by atoms with van der Waals surface area (Å²) in [5, 5.41) is 10.3. The number of benzene rings is 8. The SMILES string of the molecule is c1cc(-c2cccc(-c3ccc4c5ccccc5c5ccccc5c4c3)c2)cc(-c2ccc3[nH]c4ccccc4c3c2)c1. The summed E-state index contributed by atoms with van der Waals surface area (Å²) in [6.07, 6.45) is 0. The molecule has 0 radical (unpaired) electrons. The van der Waals surface area contributed by atoms with Gasteiger partial charge in [-0.05, 0) is 102 Å². The van der Waals surface area contributed by atoms with Gasteiger partial charge in [0.1, 0.15) is 0 Å². The number of rotatable bonds is 3. The lowest BCUT2D eigenvalue weighted by Gasteiger charge is -2.13. The van der Waals surface area contributed by atoms with Gasteiger partial charge in [0.2, 0.25) is 0 Å². The Hall–Kier alpha value is -5.66. The predicted octanol–water partition coefficient (Wildman–Crippen LogP) is 11.8. The Morgan fingerprint density at radius 1 is 0.233 bits per heavy atom. The third-order valence-electron chi connectivity index (χ3n) is 8.98. The van der Waals surface area contributed by atoms with Crippen molar-refractivity contribution in [2.45, 2.75) is 0 Å². The van der Waals surface area contributed by atoms with Crippen molar-refractivity contribution >= 4 is 54.1 Å². The number of hydrogen-bond acceptors (Lipinski definition) is 0. The van der Waals surface area contributed by atoms with Crippen LogP contribution in [0.5, 0.6) is 0 Å². The molecule has 1 aromatic heterocycles. The van der Waals surface area contributed by atoms with Crippen LogP contribution in [0.2, 0.25) is 0 Å². The standard InChI is InChI=1S/C42H27N/c1-2-15-35-33(13-1)34-14-3-4-16-36(34)39-25-31(19-21-37(35)39)29-11-7-9-27(23-29)28-10-8-12-30(24-28)32-20-22-42-40(26-32)38-17-5-6-18-41(38)43-42/h1-26,43H. The maximum atomic E-state index is 3.55. The van der Waals surface area contributed by atoms with Crippen LogP contribution < -0.4 is 0 Å². The van der Waals surface area contributed by atoms with Crippen LogP contribution in [0.3, 0.4) is 0 Å². The van der Waals surface area contributed by atoms with E-state index >= 15 is 0 Å². The molecule has 1 N–H and O–H groups in total. The van der Waals surface area contributed by atoms with E-state index in [1.165, 1.54) is 87.5 Å². The molecule has 8 aromatic carbocycles. The maximum absolute atomic E-state index is 3.55. The minimum atomic E-state index is 1.17. The van der Waals surface area contributed by atoms with Crippen molar-refractivity contribution in [1.29, 1.82) is 0 Å². The second-order valence-electron chi connectivity index (χ2n) is 11.4. The summed E-state index contributed by atoms with van der Waals surface area (Å²) in [5.41, 5.74) is 9.69. The zero-order chi connectivity index (χ0) is 28.3. The van der Waals surface area contributed by atoms with Gasteiger partial charge in [-0.1, -0.05) is 121 Å². The van der Waals surface area contributed by atoms with Gasteiger partial charge < -0.3 is 4.98 Å². The topological polar surface area (TPSA) is 15.8 Å². The van der Waals surface area contributed by atoms with Gasteiger partial charge in [0.25, 0.3) is 0 Å². The molecular formula is C42H27N. The minimum Gasteiger partial charge on any atom is -0.355 e. The number of nitrogens with one attached hydrogen (secondary N) is 1. The summed E-state index contributed by atoms with van der Waals surface area (Å²) in [7, 11) is 0. The molecule has 1 nitrogen and oxygen atoms in total. The first-order valence-electron chi connectivity index (χ1n) is 14.9. The van der Waals surface area contributed by atoms with Crippen molar-refractivity contribution in [2.24, 2.45) is 0 Å². The number of aromatic amines is 1. The molecule has 0 saturated heterocycles. The lowest BCUT2D eigenvalue weighted by atomic mass is 9.91. The summed E-state index contributed by atoms with van der Waals surface area (Å²) in [5.74, 6) is 0. The van der Waals surface area contributed by atoms with Gasteiger partial charge >= 0.3 is 0 Å². The smallest absolute Gasteiger partial charge is 0.0465 e. The molecule has 0 aliphatic heterocycles. The molecule has 1 heteroatoms. The molecule has 43 heavy (non-hydrogen) atoms. The fraction of sp³-hybridized carbons (Fsp3) is 0. The van der Waals surface area contributed by atoms with Gasteiger partial charge in [-0.25, -0.2) is 0 Å². The number of aromatic nitrogens is 1. The summed E-state index contributed by atoms with van der Waals surface area (Å²) >= 11 is 0. The molecule has 9 rings (SSSR count). The Kier molecular flexibility index (Phi) is 5.27. The highest BCUT2D eigenvalue weighted by molar-refractivity contribution is 6.25. The summed E-state index contributed by atoms with van der Waals surface area (Å²) in [6, 6.07) is 57.6. The molecule has 0 aliphatic carbocycles. The molecule has 0 unspecified atom stereocenters. The minimum absolute atomic E-state index is 1.17. The van der Waals surface area contributed by atoms with E-state index in [0.717, 1.165) is 0 Å². The lowest BCUT2D eigenvalue weighted by Crippen LogP contribution is -1.86. The molecule has 0 spiro atoms. The molecule has 0 saturated carbocycles. The molecular weight excluding hydrogens is 518 g/mol. The van der Waals surface area contributed by atoms with Gasteiger partial charge in [0, 0.05) is 21.8 Å². The second kappa shape index (κ2) is 9.44. The zero-order valence-corrected chi connectivity index (χ0v) is 23.5. The van der Waals surface area contributed by atoms with E-state index in [4.69, 9.17) is 0 Å². The second-order valence-corrected chi connectivity index (χ2v) is 11.4. The number of H-pyrrole nitrogens is 1. The van der Waals surface area contributed by atoms with Crippen molar-refractivity contribution in [2.75, 3.05) is 0 Å². The van der Waals surface area contributed by atoms with Gasteiger partial charge in [-0.3, -0.25) is 0 Å². The first-order chi connectivity index (χ1) is 21.3. The lowest BCUT2D eigenvalue weighted by molar-refractivity contribution is 1.54. The predicted molar refractivity (Wildman–Crippen MR) is 185 cm³/mol. The van der Waals surface area contributed by atoms with Gasteiger partial charge in [0.05, 0.1) is 0 Å². The monoisotopic (exact) mass is 545 g/mol. The molecule has 0 fully saturated rings. The Morgan fingerprint density at radius 2 is 0.628 bits per heavy atom. The quantitative estimate of drug-likeness (QED) is 0.213. The molecule has 9 aromatic rings. The molecule has 0 atom stereocenters. The Bertz CT molecular complexity index is 2480. The average Bonchev–Trinajstić information content (AvgIpc) is 3.46. The van der Waals surface area contributed by atoms with Crippen molar-refractivity contribution in [3.8, 4) is 33.4 Å². The zero-order valence-electron chi connectivity index (χ0n) is 23.5. The third-order valence-corrected chi connectivity index (χ3v) is 8.98. The maximum Gasteiger partial charge on any atom is 0.0465 e. The van der Waals surface area contributed by atoms with Gasteiger partial charge in [-0.2, -0.15) is 0 Å². The normalized spacial score (nSPS) is 11.7. The van der Waals surface area contributed by atoms with Crippen LogP contribution in [0.1, 0.15) is 0 Å². The van der Waals surface area contributed by atoms with E-state index in [-0.39, 0.29) is 0 Å². The van der Waals surface area contributed by atoms with Crippen molar-refractivity contribution in [3.63, 3.8) is 0 Å². The van der Waals surface area contributed by atoms with Crippen LogP contribution in [-0.2, 0) is 0 Å². The van der Waals surface area contributed by atoms with Crippen molar-refractivity contribution in [3.05, 3.63) is 158 Å². The highest BCUT2D eigenvalue weighted by Gasteiger charge is 2.11. The summed E-state index contributed by atoms with van der Waals surface area (Å²) in [6.45, 7) is 0. The fourth-order valence-corrected chi connectivity index (χ4v) is 6.87. The van der Waals surface area contributed by atoms with E-state index in [1.54, 1.807) is 0 Å². The first-order valence-corrected chi connectivity index (χ1v) is 14.9. The molecule has 0 amide bonds. The van der Waals surface area contributed by atoms with E-state index in [2.05, 4.69) is 163 Å². The summed E-state index contributed by atoms with van der Waals surface area (Å²) in [4.78, 5) is 3.55. The summed E-state index contributed by atoms with van der Waals surface area (Å²) < 4.78 is 0. The van der Waals surface area contributed by atoms with Crippen molar-refractivity contribution in [1.82, 2.24) is 4.98 Å². The van der Waals surface area contributed by atoms with Crippen LogP contribution in [0.4, 0.5) is 0 Å². The molecule has 0 bridgehead atoms. The van der Waals surface area contributed by atoms with Gasteiger partial charge in [0.15, 0.2) is 0 Å². The number of hydrogen-bond donors (Lipinski definition) is 1. The first kappa shape index (κ1) is 24.0. The third kappa shape index (κ3) is 3.86. The van der Waals surface area contributed by atoms with Crippen LogP contribution in [0, 0.1) is 0 Å². The Labute approximate surface area is 249 Å². The van der Waals surface area contributed by atoms with Crippen LogP contribution >= 0.6 is 0 Å². The van der Waals surface area contributed by atoms with Crippen LogP contribution in [-0.4, -0.2) is 4.98 Å². The molecule has 200 valence electrons. The van der Waals surface area contributed by atoms with Crippen LogP contribution in [0.25, 0.3) is 87.5 Å². The van der Waals surface area contributed by atoms with E-state index in [0.29, 0.717) is 0 Å². The van der Waals surface area contributed by atoms with Crippen molar-refractivity contribution < 1.29 is 0 Å². The Morgan fingerprint density at radius 3 is 1.21 bits per heavy atom. The van der Waals surface area contributed by atoms with Crippen LogP contribution in [0.15, 0.2) is 158 Å². The van der Waals surface area contributed by atoms with E-state index in [9.17, 15) is 0 Å². The number of fused-ring (bicyclic) bond motifs is 9. The highest BCUT2D eigenvalue weighted by Crippen LogP contribution is 2.38. The van der Waals surface area contributed by atoms with E-state index in [1.807, 2.05) is 0 Å². The fourth-order valence-electron chi connectivity index (χ4n) is 6.87. The largest absolute Gasteiger partial charge is 0.355 e.